The molecule has 0 aliphatic rings. The number of rotatable bonds is 8. The first kappa shape index (κ1) is 15.7. The van der Waals surface area contributed by atoms with E-state index in [1.54, 1.807) is 0 Å². The summed E-state index contributed by atoms with van der Waals surface area (Å²) in [7, 11) is 2.19. The normalized spacial score (nSPS) is 12.9. The van der Waals surface area contributed by atoms with Crippen LogP contribution < -0.4 is 5.32 Å². The molecule has 1 rings (SSSR count). The van der Waals surface area contributed by atoms with Crippen LogP contribution in [-0.2, 0) is 6.54 Å². The molecule has 0 aromatic heterocycles. The standard InChI is InChI=1S/C15H25BrN2/c1-4-5-9-17-11-13(2)18(3)12-14-7-6-8-15(16)10-14/h6-8,10,13,17H,4-5,9,11-12H2,1-3H3. The topological polar surface area (TPSA) is 15.3 Å². The van der Waals surface area contributed by atoms with E-state index in [-0.39, 0.29) is 0 Å². The third-order valence-corrected chi connectivity index (χ3v) is 3.71. The van der Waals surface area contributed by atoms with Gasteiger partial charge in [0.15, 0.2) is 0 Å². The van der Waals surface area contributed by atoms with Crippen LogP contribution in [0.2, 0.25) is 0 Å². The Kier molecular flexibility index (Phi) is 7.56. The lowest BCUT2D eigenvalue weighted by Crippen LogP contribution is -2.37. The van der Waals surface area contributed by atoms with Crippen molar-refractivity contribution in [3.05, 3.63) is 34.3 Å². The van der Waals surface area contributed by atoms with Gasteiger partial charge in [-0.3, -0.25) is 4.90 Å². The number of hydrogen-bond acceptors (Lipinski definition) is 2. The molecule has 0 heterocycles. The van der Waals surface area contributed by atoms with E-state index in [0.29, 0.717) is 6.04 Å². The lowest BCUT2D eigenvalue weighted by molar-refractivity contribution is 0.243. The van der Waals surface area contributed by atoms with Crippen LogP contribution in [0.4, 0.5) is 0 Å². The summed E-state index contributed by atoms with van der Waals surface area (Å²) in [5.74, 6) is 0. The first-order chi connectivity index (χ1) is 8.63. The molecule has 0 spiro atoms. The van der Waals surface area contributed by atoms with Gasteiger partial charge in [0.1, 0.15) is 0 Å². The van der Waals surface area contributed by atoms with E-state index in [9.17, 15) is 0 Å². The minimum Gasteiger partial charge on any atom is -0.315 e. The number of unbranched alkanes of at least 4 members (excludes halogenated alkanes) is 1. The van der Waals surface area contributed by atoms with Crippen LogP contribution in [0.3, 0.4) is 0 Å². The number of hydrogen-bond donors (Lipinski definition) is 1. The minimum atomic E-state index is 0.556. The van der Waals surface area contributed by atoms with Gasteiger partial charge in [0.25, 0.3) is 0 Å². The molecule has 0 bridgehead atoms. The number of halogens is 1. The predicted octanol–water partition coefficient (Wildman–Crippen LogP) is 3.66. The Labute approximate surface area is 120 Å². The highest BCUT2D eigenvalue weighted by Gasteiger charge is 2.09. The second-order valence-electron chi connectivity index (χ2n) is 4.95. The second kappa shape index (κ2) is 8.68. The summed E-state index contributed by atoms with van der Waals surface area (Å²) >= 11 is 3.52. The van der Waals surface area contributed by atoms with Crippen molar-refractivity contribution in [2.45, 2.75) is 39.3 Å². The van der Waals surface area contributed by atoms with Gasteiger partial charge in [-0.25, -0.2) is 0 Å². The Hall–Kier alpha value is -0.380. The van der Waals surface area contributed by atoms with Crippen LogP contribution in [-0.4, -0.2) is 31.1 Å². The molecule has 0 saturated heterocycles. The van der Waals surface area contributed by atoms with Crippen molar-refractivity contribution in [3.8, 4) is 0 Å². The second-order valence-corrected chi connectivity index (χ2v) is 5.87. The van der Waals surface area contributed by atoms with Crippen molar-refractivity contribution >= 4 is 15.9 Å². The van der Waals surface area contributed by atoms with Crippen molar-refractivity contribution in [2.24, 2.45) is 0 Å². The fraction of sp³-hybridized carbons (Fsp3) is 0.600. The average Bonchev–Trinajstić information content (AvgIpc) is 2.34. The van der Waals surface area contributed by atoms with Gasteiger partial charge < -0.3 is 5.32 Å². The molecule has 3 heteroatoms. The Morgan fingerprint density at radius 2 is 2.17 bits per heavy atom. The predicted molar refractivity (Wildman–Crippen MR) is 82.8 cm³/mol. The summed E-state index contributed by atoms with van der Waals surface area (Å²) in [6.07, 6.45) is 2.53. The maximum absolute atomic E-state index is 3.52. The van der Waals surface area contributed by atoms with Gasteiger partial charge >= 0.3 is 0 Å². The van der Waals surface area contributed by atoms with E-state index in [4.69, 9.17) is 0 Å². The fourth-order valence-corrected chi connectivity index (χ4v) is 2.29. The summed E-state index contributed by atoms with van der Waals surface area (Å²) < 4.78 is 1.15. The highest BCUT2D eigenvalue weighted by molar-refractivity contribution is 9.10. The Morgan fingerprint density at radius 3 is 2.83 bits per heavy atom. The molecule has 0 fully saturated rings. The summed E-state index contributed by atoms with van der Waals surface area (Å²) in [5, 5.41) is 3.51. The van der Waals surface area contributed by atoms with Gasteiger partial charge in [-0.05, 0) is 44.6 Å². The molecule has 0 radical (unpaired) electrons. The van der Waals surface area contributed by atoms with Crippen molar-refractivity contribution in [1.29, 1.82) is 0 Å². The summed E-state index contributed by atoms with van der Waals surface area (Å²) in [5.41, 5.74) is 1.35. The highest BCUT2D eigenvalue weighted by Crippen LogP contribution is 2.13. The molecule has 2 nitrogen and oxygen atoms in total. The zero-order valence-electron chi connectivity index (χ0n) is 11.7. The van der Waals surface area contributed by atoms with Gasteiger partial charge in [-0.1, -0.05) is 41.4 Å². The number of benzene rings is 1. The molecule has 1 aromatic rings. The Balaban J connectivity index is 2.33. The zero-order chi connectivity index (χ0) is 13.4. The van der Waals surface area contributed by atoms with Gasteiger partial charge in [0, 0.05) is 23.6 Å². The smallest absolute Gasteiger partial charge is 0.0234 e. The van der Waals surface area contributed by atoms with Crippen LogP contribution >= 0.6 is 15.9 Å². The molecule has 18 heavy (non-hydrogen) atoms. The van der Waals surface area contributed by atoms with Gasteiger partial charge in [-0.2, -0.15) is 0 Å². The fourth-order valence-electron chi connectivity index (χ4n) is 1.85. The van der Waals surface area contributed by atoms with Gasteiger partial charge in [-0.15, -0.1) is 0 Å². The summed E-state index contributed by atoms with van der Waals surface area (Å²) in [4.78, 5) is 2.39. The van der Waals surface area contributed by atoms with Crippen molar-refractivity contribution < 1.29 is 0 Å². The van der Waals surface area contributed by atoms with E-state index < -0.39 is 0 Å². The molecule has 0 aliphatic heterocycles. The zero-order valence-corrected chi connectivity index (χ0v) is 13.3. The van der Waals surface area contributed by atoms with E-state index >= 15 is 0 Å². The monoisotopic (exact) mass is 312 g/mol. The van der Waals surface area contributed by atoms with Crippen LogP contribution in [0.25, 0.3) is 0 Å². The van der Waals surface area contributed by atoms with E-state index in [1.165, 1.54) is 18.4 Å². The number of nitrogens with one attached hydrogen (secondary N) is 1. The molecule has 0 amide bonds. The van der Waals surface area contributed by atoms with Crippen LogP contribution in [0.15, 0.2) is 28.7 Å². The van der Waals surface area contributed by atoms with Crippen LogP contribution in [0.5, 0.6) is 0 Å². The maximum atomic E-state index is 3.52. The molecular weight excluding hydrogens is 288 g/mol. The average molecular weight is 313 g/mol. The molecule has 1 unspecified atom stereocenters. The molecular formula is C15H25BrN2. The lowest BCUT2D eigenvalue weighted by Gasteiger charge is -2.25. The minimum absolute atomic E-state index is 0.556. The van der Waals surface area contributed by atoms with Crippen LogP contribution in [0.1, 0.15) is 32.3 Å². The summed E-state index contributed by atoms with van der Waals surface area (Å²) in [6.45, 7) is 7.69. The highest BCUT2D eigenvalue weighted by atomic mass is 79.9. The summed E-state index contributed by atoms with van der Waals surface area (Å²) in [6, 6.07) is 9.09. The third kappa shape index (κ3) is 5.98. The number of likely N-dealkylation sites (N-methyl/N-ethyl adjacent to an activating group) is 1. The van der Waals surface area contributed by atoms with Crippen molar-refractivity contribution in [2.75, 3.05) is 20.1 Å². The molecule has 102 valence electrons. The van der Waals surface area contributed by atoms with E-state index in [1.807, 2.05) is 0 Å². The maximum Gasteiger partial charge on any atom is 0.0234 e. The number of nitrogens with zero attached hydrogens (tertiary/aromatic N) is 1. The first-order valence-electron chi connectivity index (χ1n) is 6.79. The molecule has 1 atom stereocenters. The largest absolute Gasteiger partial charge is 0.315 e. The lowest BCUT2D eigenvalue weighted by atomic mass is 10.2. The molecule has 1 aromatic carbocycles. The third-order valence-electron chi connectivity index (χ3n) is 3.22. The van der Waals surface area contributed by atoms with E-state index in [0.717, 1.165) is 24.1 Å². The quantitative estimate of drug-likeness (QED) is 0.737. The molecule has 1 N–H and O–H groups in total. The Morgan fingerprint density at radius 1 is 1.39 bits per heavy atom. The van der Waals surface area contributed by atoms with Crippen LogP contribution in [0, 0.1) is 0 Å². The van der Waals surface area contributed by atoms with Gasteiger partial charge in [0.05, 0.1) is 0 Å². The molecule has 0 saturated carbocycles. The van der Waals surface area contributed by atoms with E-state index in [2.05, 4.69) is 71.3 Å². The SMILES string of the molecule is CCCCNCC(C)N(C)Cc1cccc(Br)c1. The van der Waals surface area contributed by atoms with Gasteiger partial charge in [0.2, 0.25) is 0 Å². The van der Waals surface area contributed by atoms with Crippen molar-refractivity contribution in [3.63, 3.8) is 0 Å². The Bertz CT molecular complexity index is 341. The first-order valence-corrected chi connectivity index (χ1v) is 7.58. The molecule has 0 aliphatic carbocycles. The van der Waals surface area contributed by atoms with Crippen molar-refractivity contribution in [1.82, 2.24) is 10.2 Å².